The Hall–Kier alpha value is -1.54. The Balaban J connectivity index is -0.0000000728. The summed E-state index contributed by atoms with van der Waals surface area (Å²) >= 11 is 0. The van der Waals surface area contributed by atoms with E-state index >= 15 is 0 Å². The molecule has 35 heavy (non-hydrogen) atoms. The van der Waals surface area contributed by atoms with E-state index < -0.39 is 0 Å². The van der Waals surface area contributed by atoms with E-state index in [1.807, 2.05) is 26.8 Å². The first-order valence-corrected chi connectivity index (χ1v) is 12.5. The lowest BCUT2D eigenvalue weighted by Gasteiger charge is -1.97. The standard InChI is InChI=1S/2C6H12O.2C5H10O.C4H8O.C3H8O/c1-3-5-6(7)4-2;1-2-3-4-5-6-7;1-3-4-5(2)6;1-3-5(6)4-2;1-2-3-4-5;1-3(2)4/h4,6-7H,2-3,5H2,1H3;4-5,7H,2-3,6H2,1H3;2*3,5-6H,1,4H2,2H3;2-3,5H,4H2,1H3;3-4H,1-2H3. The van der Waals surface area contributed by atoms with Gasteiger partial charge >= 0.3 is 0 Å². The molecule has 0 spiro atoms. The highest BCUT2D eigenvalue weighted by Gasteiger charge is 1.91. The van der Waals surface area contributed by atoms with Crippen molar-refractivity contribution in [3.05, 3.63) is 62.3 Å². The van der Waals surface area contributed by atoms with Gasteiger partial charge in [-0.2, -0.15) is 0 Å². The van der Waals surface area contributed by atoms with Crippen molar-refractivity contribution in [1.82, 2.24) is 0 Å². The van der Waals surface area contributed by atoms with Crippen LogP contribution in [-0.2, 0) is 0 Å². The zero-order chi connectivity index (χ0) is 28.9. The molecule has 0 radical (unpaired) electrons. The molecule has 6 heteroatoms. The smallest absolute Gasteiger partial charge is 0.0718 e. The Morgan fingerprint density at radius 3 is 1.29 bits per heavy atom. The summed E-state index contributed by atoms with van der Waals surface area (Å²) in [5, 5.41) is 50.0. The van der Waals surface area contributed by atoms with E-state index in [1.165, 1.54) is 6.08 Å². The van der Waals surface area contributed by atoms with E-state index in [2.05, 4.69) is 26.7 Å². The van der Waals surface area contributed by atoms with Crippen LogP contribution in [0.25, 0.3) is 0 Å². The molecule has 0 fully saturated rings. The Morgan fingerprint density at radius 1 is 0.714 bits per heavy atom. The van der Waals surface area contributed by atoms with Gasteiger partial charge in [-0.15, -0.1) is 19.7 Å². The number of hydrogen-bond acceptors (Lipinski definition) is 6. The van der Waals surface area contributed by atoms with Crippen molar-refractivity contribution in [2.75, 3.05) is 13.2 Å². The molecule has 0 rings (SSSR count). The zero-order valence-electron chi connectivity index (χ0n) is 23.8. The lowest BCUT2D eigenvalue weighted by Crippen LogP contribution is -1.98. The van der Waals surface area contributed by atoms with Crippen LogP contribution in [0, 0.1) is 0 Å². The number of aliphatic hydroxyl groups excluding tert-OH is 6. The van der Waals surface area contributed by atoms with Crippen molar-refractivity contribution >= 4 is 0 Å². The second-order valence-electron chi connectivity index (χ2n) is 7.46. The molecular weight excluding hydrogens is 444 g/mol. The lowest BCUT2D eigenvalue weighted by atomic mass is 10.2. The molecule has 6 N–H and O–H groups in total. The molecule has 0 aliphatic rings. The molecule has 0 bridgehead atoms. The maximum Gasteiger partial charge on any atom is 0.0718 e. The molecule has 0 aliphatic heterocycles. The normalized spacial score (nSPS) is 11.9. The van der Waals surface area contributed by atoms with Gasteiger partial charge in [-0.25, -0.2) is 0 Å². The van der Waals surface area contributed by atoms with Crippen molar-refractivity contribution in [1.29, 1.82) is 0 Å². The van der Waals surface area contributed by atoms with Gasteiger partial charge in [-0.3, -0.25) is 0 Å². The van der Waals surface area contributed by atoms with Gasteiger partial charge in [0.1, 0.15) is 0 Å². The van der Waals surface area contributed by atoms with E-state index in [4.69, 9.17) is 30.6 Å². The summed E-state index contributed by atoms with van der Waals surface area (Å²) < 4.78 is 0. The molecule has 0 aliphatic carbocycles. The van der Waals surface area contributed by atoms with E-state index in [0.29, 0.717) is 6.42 Å². The Bertz CT molecular complexity index is 415. The molecule has 0 saturated heterocycles. The van der Waals surface area contributed by atoms with Gasteiger partial charge in [0.2, 0.25) is 0 Å². The number of unbranched alkanes of at least 4 members (excludes halogenated alkanes) is 1. The van der Waals surface area contributed by atoms with Crippen LogP contribution in [0.2, 0.25) is 0 Å². The quantitative estimate of drug-likeness (QED) is 0.207. The Labute approximate surface area is 217 Å². The number of rotatable bonds is 11. The summed E-state index contributed by atoms with van der Waals surface area (Å²) in [7, 11) is 0. The highest BCUT2D eigenvalue weighted by atomic mass is 16.3. The van der Waals surface area contributed by atoms with Crippen LogP contribution in [0.15, 0.2) is 62.3 Å². The molecule has 0 aromatic heterocycles. The molecule has 0 aromatic carbocycles. The van der Waals surface area contributed by atoms with E-state index in [9.17, 15) is 0 Å². The first kappa shape index (κ1) is 46.8. The Kier molecular flexibility index (Phi) is 66.2. The molecular formula is C29H60O6. The van der Waals surface area contributed by atoms with Crippen LogP contribution < -0.4 is 0 Å². The second-order valence-corrected chi connectivity index (χ2v) is 7.46. The van der Waals surface area contributed by atoms with Crippen molar-refractivity contribution in [2.45, 2.75) is 111 Å². The maximum absolute atomic E-state index is 8.74. The van der Waals surface area contributed by atoms with Crippen LogP contribution in [0.4, 0.5) is 0 Å². The van der Waals surface area contributed by atoms with Crippen molar-refractivity contribution in [2.24, 2.45) is 0 Å². The monoisotopic (exact) mass is 504 g/mol. The van der Waals surface area contributed by atoms with Gasteiger partial charge in [0, 0.05) is 6.10 Å². The molecule has 0 saturated carbocycles. The van der Waals surface area contributed by atoms with Crippen LogP contribution in [0.3, 0.4) is 0 Å². The third kappa shape index (κ3) is 111. The van der Waals surface area contributed by atoms with Gasteiger partial charge in [-0.05, 0) is 53.4 Å². The summed E-state index contributed by atoms with van der Waals surface area (Å²) in [5.41, 5.74) is 0. The third-order valence-corrected chi connectivity index (χ3v) is 3.12. The fourth-order valence-corrected chi connectivity index (χ4v) is 1.29. The second kappa shape index (κ2) is 49.6. The average molecular weight is 505 g/mol. The lowest BCUT2D eigenvalue weighted by molar-refractivity contribution is 0.198. The van der Waals surface area contributed by atoms with Gasteiger partial charge in [-0.1, -0.05) is 76.1 Å². The number of allylic oxidation sites excluding steroid dienone is 2. The highest BCUT2D eigenvalue weighted by molar-refractivity contribution is 4.79. The van der Waals surface area contributed by atoms with Gasteiger partial charge in [0.15, 0.2) is 0 Å². The average Bonchev–Trinajstić information content (AvgIpc) is 2.80. The largest absolute Gasteiger partial charge is 0.394 e. The van der Waals surface area contributed by atoms with Crippen molar-refractivity contribution in [3.8, 4) is 0 Å². The third-order valence-electron chi connectivity index (χ3n) is 3.12. The molecule has 3 unspecified atom stereocenters. The number of aliphatic hydroxyl groups is 6. The minimum absolute atomic E-state index is 0.163. The van der Waals surface area contributed by atoms with Gasteiger partial charge in [0.25, 0.3) is 0 Å². The molecule has 0 heterocycles. The molecule has 3 atom stereocenters. The fourth-order valence-electron chi connectivity index (χ4n) is 1.29. The Morgan fingerprint density at radius 2 is 1.17 bits per heavy atom. The predicted octanol–water partition coefficient (Wildman–Crippen LogP) is 5.50. The minimum atomic E-state index is -0.301. The summed E-state index contributed by atoms with van der Waals surface area (Å²) in [4.78, 5) is 0. The van der Waals surface area contributed by atoms with Gasteiger partial charge in [0.05, 0.1) is 31.5 Å². The first-order valence-electron chi connectivity index (χ1n) is 12.5. The number of hydrogen-bond donors (Lipinski definition) is 6. The van der Waals surface area contributed by atoms with Gasteiger partial charge < -0.3 is 30.6 Å². The summed E-state index contributed by atoms with van der Waals surface area (Å²) in [6, 6.07) is 0. The van der Waals surface area contributed by atoms with Crippen LogP contribution >= 0.6 is 0 Å². The van der Waals surface area contributed by atoms with E-state index in [0.717, 1.165) is 32.1 Å². The zero-order valence-corrected chi connectivity index (χ0v) is 23.8. The van der Waals surface area contributed by atoms with Crippen molar-refractivity contribution < 1.29 is 30.6 Å². The molecule has 0 aromatic rings. The minimum Gasteiger partial charge on any atom is -0.394 e. The maximum atomic E-state index is 8.74. The summed E-state index contributed by atoms with van der Waals surface area (Å²) in [6.07, 6.45) is 16.6. The van der Waals surface area contributed by atoms with E-state index in [-0.39, 0.29) is 37.6 Å². The summed E-state index contributed by atoms with van der Waals surface area (Å²) in [6.45, 7) is 23.7. The summed E-state index contributed by atoms with van der Waals surface area (Å²) in [5.74, 6) is 0. The molecule has 0 amide bonds. The van der Waals surface area contributed by atoms with Crippen LogP contribution in [0.1, 0.15) is 87.0 Å². The molecule has 6 nitrogen and oxygen atoms in total. The fraction of sp³-hybridized carbons (Fsp3) is 0.655. The van der Waals surface area contributed by atoms with Crippen molar-refractivity contribution in [3.63, 3.8) is 0 Å². The highest BCUT2D eigenvalue weighted by Crippen LogP contribution is 1.94. The predicted molar refractivity (Wildman–Crippen MR) is 154 cm³/mol. The van der Waals surface area contributed by atoms with Crippen LogP contribution in [0.5, 0.6) is 0 Å². The first-order chi connectivity index (χ1) is 16.4. The SMILES string of the molecule is C=CC(O)CC.C=CC(O)CCC.C=CCC(C)O.CC(C)O.CC=CCO.CCCC=CCO. The topological polar surface area (TPSA) is 121 Å². The van der Waals surface area contributed by atoms with E-state index in [1.54, 1.807) is 51.2 Å². The molecule has 212 valence electrons. The van der Waals surface area contributed by atoms with Crippen LogP contribution in [-0.4, -0.2) is 68.3 Å².